The molecule has 0 aliphatic rings. The van der Waals surface area contributed by atoms with Crippen LogP contribution in [0.1, 0.15) is 18.3 Å². The number of aromatic nitrogens is 2. The molecule has 0 aliphatic carbocycles. The van der Waals surface area contributed by atoms with Gasteiger partial charge in [0.25, 0.3) is 10.0 Å². The Balaban J connectivity index is 2.43. The normalized spacial score (nSPS) is 11.8. The van der Waals surface area contributed by atoms with E-state index in [1.165, 1.54) is 12.3 Å². The molecular weight excluding hydrogens is 305 g/mol. The van der Waals surface area contributed by atoms with E-state index in [0.717, 1.165) is 0 Å². The molecule has 0 amide bonds. The molecule has 2 rings (SSSR count). The fourth-order valence-electron chi connectivity index (χ4n) is 1.84. The molecule has 1 aromatic carbocycles. The zero-order valence-corrected chi connectivity index (χ0v) is 12.2. The van der Waals surface area contributed by atoms with Crippen LogP contribution in [0.2, 0.25) is 5.02 Å². The second-order valence-electron chi connectivity index (χ2n) is 4.23. The van der Waals surface area contributed by atoms with Crippen molar-refractivity contribution in [3.8, 4) is 0 Å². The molecule has 5 nitrogen and oxygen atoms in total. The molecule has 0 saturated heterocycles. The highest BCUT2D eigenvalue weighted by Crippen LogP contribution is 2.20. The number of imidazole rings is 1. The van der Waals surface area contributed by atoms with Crippen molar-refractivity contribution in [2.75, 3.05) is 0 Å². The van der Waals surface area contributed by atoms with Crippen LogP contribution in [0, 0.1) is 5.82 Å². The van der Waals surface area contributed by atoms with Gasteiger partial charge in [-0.3, -0.25) is 0 Å². The lowest BCUT2D eigenvalue weighted by atomic mass is 10.2. The van der Waals surface area contributed by atoms with Gasteiger partial charge in [-0.05, 0) is 6.07 Å². The van der Waals surface area contributed by atoms with Crippen LogP contribution in [-0.4, -0.2) is 18.0 Å². The van der Waals surface area contributed by atoms with Crippen LogP contribution in [0.5, 0.6) is 0 Å². The number of hydrogen-bond donors (Lipinski definition) is 1. The van der Waals surface area contributed by atoms with E-state index in [1.807, 2.05) is 6.92 Å². The van der Waals surface area contributed by atoms with Gasteiger partial charge in [-0.15, -0.1) is 0 Å². The Morgan fingerprint density at radius 2 is 2.15 bits per heavy atom. The highest BCUT2D eigenvalue weighted by atomic mass is 35.5. The quantitative estimate of drug-likeness (QED) is 0.936. The minimum atomic E-state index is -3.88. The van der Waals surface area contributed by atoms with Gasteiger partial charge in [-0.25, -0.2) is 22.9 Å². The van der Waals surface area contributed by atoms with E-state index in [1.54, 1.807) is 16.7 Å². The van der Waals surface area contributed by atoms with Crippen LogP contribution < -0.4 is 5.14 Å². The van der Waals surface area contributed by atoms with Crippen LogP contribution in [0.4, 0.5) is 4.39 Å². The minimum Gasteiger partial charge on any atom is -0.329 e. The topological polar surface area (TPSA) is 78.0 Å². The maximum Gasteiger partial charge on any atom is 0.257 e. The number of primary sulfonamides is 1. The van der Waals surface area contributed by atoms with Crippen LogP contribution in [-0.2, 0) is 23.0 Å². The average Bonchev–Trinajstić information content (AvgIpc) is 2.78. The van der Waals surface area contributed by atoms with E-state index in [9.17, 15) is 12.8 Å². The summed E-state index contributed by atoms with van der Waals surface area (Å²) in [7, 11) is -3.88. The minimum absolute atomic E-state index is 0.0207. The summed E-state index contributed by atoms with van der Waals surface area (Å²) in [5, 5.41) is 4.84. The molecule has 0 bridgehead atoms. The van der Waals surface area contributed by atoms with Gasteiger partial charge in [0.2, 0.25) is 0 Å². The molecule has 0 fully saturated rings. The van der Waals surface area contributed by atoms with E-state index < -0.39 is 15.8 Å². The monoisotopic (exact) mass is 317 g/mol. The zero-order valence-electron chi connectivity index (χ0n) is 10.7. The first kappa shape index (κ1) is 15.0. The highest BCUT2D eigenvalue weighted by Gasteiger charge is 2.16. The second kappa shape index (κ2) is 5.51. The maximum atomic E-state index is 13.9. The number of sulfonamides is 1. The second-order valence-corrected chi connectivity index (χ2v) is 6.15. The molecule has 2 N–H and O–H groups in total. The number of hydrogen-bond acceptors (Lipinski definition) is 3. The van der Waals surface area contributed by atoms with E-state index in [0.29, 0.717) is 17.8 Å². The molecule has 1 heterocycles. The van der Waals surface area contributed by atoms with Crippen molar-refractivity contribution in [1.29, 1.82) is 0 Å². The van der Waals surface area contributed by atoms with E-state index in [4.69, 9.17) is 16.7 Å². The number of halogens is 2. The Morgan fingerprint density at radius 1 is 1.45 bits per heavy atom. The van der Waals surface area contributed by atoms with Crippen molar-refractivity contribution >= 4 is 21.6 Å². The Kier molecular flexibility index (Phi) is 4.12. The summed E-state index contributed by atoms with van der Waals surface area (Å²) < 4.78 is 38.0. The number of aryl methyl sites for hydroxylation is 1. The van der Waals surface area contributed by atoms with Gasteiger partial charge in [0.05, 0.1) is 11.6 Å². The summed E-state index contributed by atoms with van der Waals surface area (Å²) in [6, 6.07) is 4.66. The van der Waals surface area contributed by atoms with Crippen LogP contribution in [0.15, 0.2) is 29.4 Å². The predicted octanol–water partition coefficient (Wildman–Crippen LogP) is 1.93. The van der Waals surface area contributed by atoms with E-state index in [2.05, 4.69) is 4.98 Å². The van der Waals surface area contributed by atoms with Gasteiger partial charge < -0.3 is 4.57 Å². The number of nitrogens with zero attached hydrogens (tertiary/aromatic N) is 2. The highest BCUT2D eigenvalue weighted by molar-refractivity contribution is 7.89. The molecule has 0 radical (unpaired) electrons. The molecule has 1 aromatic heterocycles. The van der Waals surface area contributed by atoms with Gasteiger partial charge in [-0.2, -0.15) is 0 Å². The number of nitrogens with two attached hydrogens (primary N) is 1. The fourth-order valence-corrected chi connectivity index (χ4v) is 2.54. The lowest BCUT2D eigenvalue weighted by Crippen LogP contribution is -2.12. The maximum absolute atomic E-state index is 13.9. The average molecular weight is 318 g/mol. The lowest BCUT2D eigenvalue weighted by Gasteiger charge is -2.08. The summed E-state index contributed by atoms with van der Waals surface area (Å²) in [6.45, 7) is 1.96. The summed E-state index contributed by atoms with van der Waals surface area (Å²) in [5.41, 5.74) is 0.352. The Morgan fingerprint density at radius 3 is 2.75 bits per heavy atom. The molecule has 108 valence electrons. The van der Waals surface area contributed by atoms with E-state index >= 15 is 0 Å². The summed E-state index contributed by atoms with van der Waals surface area (Å²) in [5.74, 6) is -0.0181. The molecule has 0 aliphatic heterocycles. The molecule has 8 heteroatoms. The zero-order chi connectivity index (χ0) is 14.9. The van der Waals surface area contributed by atoms with E-state index in [-0.39, 0.29) is 16.6 Å². The molecule has 0 spiro atoms. The standard InChI is InChI=1S/C12H13ClFN3O2S/c1-2-10-16-11(20(15,18)19)7-17(10)6-8-4-3-5-9(13)12(8)14/h3-5,7H,2,6H2,1H3,(H2,15,18,19). The Hall–Kier alpha value is -1.44. The van der Waals surface area contributed by atoms with Crippen LogP contribution in [0.3, 0.4) is 0 Å². The van der Waals surface area contributed by atoms with Crippen molar-refractivity contribution in [2.45, 2.75) is 24.9 Å². The van der Waals surface area contributed by atoms with Crippen molar-refractivity contribution in [1.82, 2.24) is 9.55 Å². The third-order valence-electron chi connectivity index (χ3n) is 2.82. The molecule has 2 aromatic rings. The van der Waals surface area contributed by atoms with Crippen molar-refractivity contribution in [2.24, 2.45) is 5.14 Å². The first-order valence-corrected chi connectivity index (χ1v) is 7.77. The third kappa shape index (κ3) is 3.00. The summed E-state index contributed by atoms with van der Waals surface area (Å²) >= 11 is 5.72. The molecule has 20 heavy (non-hydrogen) atoms. The Labute approximate surface area is 121 Å². The molecular formula is C12H13ClFN3O2S. The fraction of sp³-hybridized carbons (Fsp3) is 0.250. The number of rotatable bonds is 4. The Bertz CT molecular complexity index is 743. The molecule has 0 saturated carbocycles. The summed E-state index contributed by atoms with van der Waals surface area (Å²) in [6.07, 6.45) is 1.80. The van der Waals surface area contributed by atoms with Gasteiger partial charge in [0.15, 0.2) is 5.03 Å². The van der Waals surface area contributed by atoms with Crippen LogP contribution >= 0.6 is 11.6 Å². The van der Waals surface area contributed by atoms with Gasteiger partial charge >= 0.3 is 0 Å². The number of benzene rings is 1. The van der Waals surface area contributed by atoms with Crippen molar-refractivity contribution in [3.63, 3.8) is 0 Å². The smallest absolute Gasteiger partial charge is 0.257 e. The van der Waals surface area contributed by atoms with Crippen molar-refractivity contribution in [3.05, 3.63) is 46.6 Å². The SMILES string of the molecule is CCc1nc(S(N)(=O)=O)cn1Cc1cccc(Cl)c1F. The molecule has 0 unspecified atom stereocenters. The van der Waals surface area contributed by atoms with Gasteiger partial charge in [0.1, 0.15) is 11.6 Å². The first-order valence-electron chi connectivity index (χ1n) is 5.84. The van der Waals surface area contributed by atoms with Crippen LogP contribution in [0.25, 0.3) is 0 Å². The van der Waals surface area contributed by atoms with Gasteiger partial charge in [-0.1, -0.05) is 30.7 Å². The van der Waals surface area contributed by atoms with Gasteiger partial charge in [0, 0.05) is 18.2 Å². The first-order chi connectivity index (χ1) is 9.32. The summed E-state index contributed by atoms with van der Waals surface area (Å²) in [4.78, 5) is 3.94. The largest absolute Gasteiger partial charge is 0.329 e. The predicted molar refractivity (Wildman–Crippen MR) is 73.5 cm³/mol. The molecule has 0 atom stereocenters. The van der Waals surface area contributed by atoms with Crippen molar-refractivity contribution < 1.29 is 12.8 Å². The lowest BCUT2D eigenvalue weighted by molar-refractivity contribution is 0.593. The third-order valence-corrected chi connectivity index (χ3v) is 3.89.